The van der Waals surface area contributed by atoms with Crippen LogP contribution in [0.25, 0.3) is 0 Å². The van der Waals surface area contributed by atoms with Crippen LogP contribution in [-0.2, 0) is 14.3 Å². The number of carbonyl (C=O) groups is 3. The van der Waals surface area contributed by atoms with Crippen molar-refractivity contribution in [3.05, 3.63) is 35.9 Å². The summed E-state index contributed by atoms with van der Waals surface area (Å²) in [5.41, 5.74) is 6.21. The maximum Gasteiger partial charge on any atom is 0.407 e. The SMILES string of the molecule is CC(COC(=O)NC(CCC(N)=O)C(=O)O)CC(C)c1ccccc1. The molecule has 0 heterocycles. The summed E-state index contributed by atoms with van der Waals surface area (Å²) >= 11 is 0. The number of amides is 2. The fraction of sp³-hybridized carbons (Fsp3) is 0.500. The molecule has 3 atom stereocenters. The van der Waals surface area contributed by atoms with E-state index in [0.717, 1.165) is 6.42 Å². The van der Waals surface area contributed by atoms with E-state index in [1.165, 1.54) is 5.56 Å². The largest absolute Gasteiger partial charge is 0.480 e. The molecule has 0 bridgehead atoms. The Labute approximate surface area is 147 Å². The van der Waals surface area contributed by atoms with E-state index >= 15 is 0 Å². The monoisotopic (exact) mass is 350 g/mol. The van der Waals surface area contributed by atoms with Crippen LogP contribution in [0, 0.1) is 5.92 Å². The summed E-state index contributed by atoms with van der Waals surface area (Å²) in [7, 11) is 0. The molecule has 0 saturated heterocycles. The van der Waals surface area contributed by atoms with Gasteiger partial charge in [0.2, 0.25) is 5.91 Å². The molecule has 0 radical (unpaired) electrons. The van der Waals surface area contributed by atoms with E-state index in [1.54, 1.807) is 0 Å². The number of benzene rings is 1. The van der Waals surface area contributed by atoms with Gasteiger partial charge in [0.05, 0.1) is 6.61 Å². The topological polar surface area (TPSA) is 119 Å². The van der Waals surface area contributed by atoms with E-state index < -0.39 is 24.0 Å². The molecular weight excluding hydrogens is 324 g/mol. The molecule has 7 heteroatoms. The van der Waals surface area contributed by atoms with Gasteiger partial charge in [0.1, 0.15) is 6.04 Å². The van der Waals surface area contributed by atoms with E-state index in [4.69, 9.17) is 15.6 Å². The van der Waals surface area contributed by atoms with Gasteiger partial charge in [-0.1, -0.05) is 44.2 Å². The van der Waals surface area contributed by atoms with Crippen LogP contribution >= 0.6 is 0 Å². The molecule has 1 aromatic carbocycles. The minimum Gasteiger partial charge on any atom is -0.480 e. The number of hydrogen-bond donors (Lipinski definition) is 3. The number of carbonyl (C=O) groups excluding carboxylic acids is 2. The number of rotatable bonds is 10. The second kappa shape index (κ2) is 10.3. The zero-order chi connectivity index (χ0) is 18.8. The number of carboxylic acids is 1. The Hall–Kier alpha value is -2.57. The maximum atomic E-state index is 11.7. The summed E-state index contributed by atoms with van der Waals surface area (Å²) in [5, 5.41) is 11.3. The third-order valence-corrected chi connectivity index (χ3v) is 3.89. The standard InChI is InChI=1S/C18H26N2O5/c1-12(10-13(2)14-6-4-3-5-7-14)11-25-18(24)20-15(17(22)23)8-9-16(19)21/h3-7,12-13,15H,8-11H2,1-2H3,(H2,19,21)(H,20,24)(H,22,23). The van der Waals surface area contributed by atoms with Gasteiger partial charge < -0.3 is 20.9 Å². The van der Waals surface area contributed by atoms with Crippen LogP contribution in [0.5, 0.6) is 0 Å². The van der Waals surface area contributed by atoms with Crippen molar-refractivity contribution in [2.24, 2.45) is 11.7 Å². The Kier molecular flexibility index (Phi) is 8.46. The minimum absolute atomic E-state index is 0.0691. The van der Waals surface area contributed by atoms with Gasteiger partial charge in [0.25, 0.3) is 0 Å². The summed E-state index contributed by atoms with van der Waals surface area (Å²) in [6, 6.07) is 8.85. The van der Waals surface area contributed by atoms with E-state index in [9.17, 15) is 14.4 Å². The lowest BCUT2D eigenvalue weighted by Crippen LogP contribution is -2.42. The van der Waals surface area contributed by atoms with Crippen molar-refractivity contribution in [1.82, 2.24) is 5.32 Å². The third-order valence-electron chi connectivity index (χ3n) is 3.89. The molecule has 0 aromatic heterocycles. The third kappa shape index (κ3) is 8.19. The maximum absolute atomic E-state index is 11.7. The first-order valence-corrected chi connectivity index (χ1v) is 8.29. The summed E-state index contributed by atoms with van der Waals surface area (Å²) in [5.74, 6) is -1.41. The van der Waals surface area contributed by atoms with Crippen LogP contribution in [0.15, 0.2) is 30.3 Å². The van der Waals surface area contributed by atoms with Crippen molar-refractivity contribution in [2.75, 3.05) is 6.61 Å². The van der Waals surface area contributed by atoms with Gasteiger partial charge in [-0.2, -0.15) is 0 Å². The Morgan fingerprint density at radius 3 is 2.40 bits per heavy atom. The number of nitrogens with two attached hydrogens (primary N) is 1. The molecule has 0 spiro atoms. The Bertz CT molecular complexity index is 576. The van der Waals surface area contributed by atoms with Crippen molar-refractivity contribution in [1.29, 1.82) is 0 Å². The van der Waals surface area contributed by atoms with Gasteiger partial charge in [-0.3, -0.25) is 4.79 Å². The van der Waals surface area contributed by atoms with Crippen LogP contribution < -0.4 is 11.1 Å². The lowest BCUT2D eigenvalue weighted by molar-refractivity contribution is -0.139. The lowest BCUT2D eigenvalue weighted by atomic mass is 9.91. The summed E-state index contributed by atoms with van der Waals surface area (Å²) in [6.07, 6.45) is -0.166. The number of hydrogen-bond acceptors (Lipinski definition) is 4. The average molecular weight is 350 g/mol. The van der Waals surface area contributed by atoms with Crippen LogP contribution in [-0.4, -0.2) is 35.7 Å². The molecule has 0 aliphatic heterocycles. The molecule has 2 amide bonds. The Morgan fingerprint density at radius 1 is 1.20 bits per heavy atom. The first kappa shape index (κ1) is 20.5. The zero-order valence-corrected chi connectivity index (χ0v) is 14.6. The van der Waals surface area contributed by atoms with Crippen molar-refractivity contribution in [3.8, 4) is 0 Å². The van der Waals surface area contributed by atoms with Crippen LogP contribution in [0.3, 0.4) is 0 Å². The smallest absolute Gasteiger partial charge is 0.407 e. The molecular formula is C18H26N2O5. The van der Waals surface area contributed by atoms with Gasteiger partial charge in [-0.05, 0) is 30.2 Å². The highest BCUT2D eigenvalue weighted by molar-refractivity contribution is 5.81. The average Bonchev–Trinajstić information content (AvgIpc) is 2.57. The first-order chi connectivity index (χ1) is 11.8. The highest BCUT2D eigenvalue weighted by Gasteiger charge is 2.21. The van der Waals surface area contributed by atoms with Crippen molar-refractivity contribution >= 4 is 18.0 Å². The number of carboxylic acid groups (broad SMARTS) is 1. The van der Waals surface area contributed by atoms with Gasteiger partial charge in [0.15, 0.2) is 0 Å². The number of nitrogens with one attached hydrogen (secondary N) is 1. The van der Waals surface area contributed by atoms with Crippen molar-refractivity contribution in [2.45, 2.75) is 45.1 Å². The first-order valence-electron chi connectivity index (χ1n) is 8.29. The van der Waals surface area contributed by atoms with E-state index in [1.807, 2.05) is 25.1 Å². The van der Waals surface area contributed by atoms with Crippen molar-refractivity contribution < 1.29 is 24.2 Å². The predicted molar refractivity (Wildman–Crippen MR) is 93.0 cm³/mol. The van der Waals surface area contributed by atoms with Crippen LogP contribution in [0.4, 0.5) is 4.79 Å². The summed E-state index contributed by atoms with van der Waals surface area (Å²) in [4.78, 5) is 33.5. The molecule has 7 nitrogen and oxygen atoms in total. The highest BCUT2D eigenvalue weighted by atomic mass is 16.5. The molecule has 1 rings (SSSR count). The second-order valence-corrected chi connectivity index (χ2v) is 6.29. The van der Waals surface area contributed by atoms with E-state index in [-0.39, 0.29) is 25.4 Å². The normalized spacial score (nSPS) is 14.2. The van der Waals surface area contributed by atoms with Gasteiger partial charge in [-0.15, -0.1) is 0 Å². The molecule has 0 fully saturated rings. The number of ether oxygens (including phenoxy) is 1. The fourth-order valence-electron chi connectivity index (χ4n) is 2.54. The molecule has 138 valence electrons. The number of alkyl carbamates (subject to hydrolysis) is 1. The highest BCUT2D eigenvalue weighted by Crippen LogP contribution is 2.23. The molecule has 3 unspecified atom stereocenters. The van der Waals surface area contributed by atoms with E-state index in [0.29, 0.717) is 5.92 Å². The fourth-order valence-corrected chi connectivity index (χ4v) is 2.54. The Balaban J connectivity index is 2.38. The minimum atomic E-state index is -1.23. The van der Waals surface area contributed by atoms with Crippen LogP contribution in [0.1, 0.15) is 44.6 Å². The van der Waals surface area contributed by atoms with E-state index in [2.05, 4.69) is 24.4 Å². The van der Waals surface area contributed by atoms with Gasteiger partial charge in [0, 0.05) is 6.42 Å². The summed E-state index contributed by atoms with van der Waals surface area (Å²) < 4.78 is 5.10. The van der Waals surface area contributed by atoms with Gasteiger partial charge in [-0.25, -0.2) is 9.59 Å². The lowest BCUT2D eigenvalue weighted by Gasteiger charge is -2.19. The van der Waals surface area contributed by atoms with Crippen LogP contribution in [0.2, 0.25) is 0 Å². The molecule has 25 heavy (non-hydrogen) atoms. The molecule has 0 aliphatic rings. The quantitative estimate of drug-likeness (QED) is 0.598. The Morgan fingerprint density at radius 2 is 1.84 bits per heavy atom. The van der Waals surface area contributed by atoms with Crippen molar-refractivity contribution in [3.63, 3.8) is 0 Å². The zero-order valence-electron chi connectivity index (χ0n) is 14.6. The van der Waals surface area contributed by atoms with Gasteiger partial charge >= 0.3 is 12.1 Å². The number of aliphatic carboxylic acids is 1. The predicted octanol–water partition coefficient (Wildman–Crippen LogP) is 2.26. The molecule has 0 aliphatic carbocycles. The second-order valence-electron chi connectivity index (χ2n) is 6.29. The molecule has 4 N–H and O–H groups in total. The number of primary amides is 1. The summed E-state index contributed by atoms with van der Waals surface area (Å²) in [6.45, 7) is 4.26. The molecule has 0 saturated carbocycles. The molecule has 1 aromatic rings.